The van der Waals surface area contributed by atoms with E-state index in [1.54, 1.807) is 31.2 Å². The molecule has 0 spiro atoms. The molecule has 1 atom stereocenters. The molecule has 0 saturated heterocycles. The van der Waals surface area contributed by atoms with E-state index in [0.29, 0.717) is 17.9 Å². The van der Waals surface area contributed by atoms with Crippen molar-refractivity contribution in [3.8, 4) is 0 Å². The third-order valence-corrected chi connectivity index (χ3v) is 4.31. The van der Waals surface area contributed by atoms with Crippen LogP contribution in [0.5, 0.6) is 0 Å². The summed E-state index contributed by atoms with van der Waals surface area (Å²) in [7, 11) is 0. The zero-order chi connectivity index (χ0) is 20.6. The SMILES string of the molecule is CCOC(=O)Nc1ccc(NC(Cc2ccccc2)c2ccc(F)cc2)nc1N. The number of hydrogen-bond donors (Lipinski definition) is 3. The first-order valence-corrected chi connectivity index (χ1v) is 9.31. The lowest BCUT2D eigenvalue weighted by atomic mass is 9.99. The summed E-state index contributed by atoms with van der Waals surface area (Å²) < 4.78 is 18.2. The van der Waals surface area contributed by atoms with Gasteiger partial charge in [0.05, 0.1) is 18.3 Å². The van der Waals surface area contributed by atoms with E-state index in [1.807, 2.05) is 30.3 Å². The van der Waals surface area contributed by atoms with Crippen LogP contribution in [-0.4, -0.2) is 17.7 Å². The Morgan fingerprint density at radius 2 is 1.83 bits per heavy atom. The van der Waals surface area contributed by atoms with Gasteiger partial charge in [-0.1, -0.05) is 42.5 Å². The number of ether oxygens (including phenoxy) is 1. The van der Waals surface area contributed by atoms with Crippen molar-refractivity contribution in [2.24, 2.45) is 0 Å². The topological polar surface area (TPSA) is 89.3 Å². The zero-order valence-electron chi connectivity index (χ0n) is 16.1. The van der Waals surface area contributed by atoms with Crippen LogP contribution in [0, 0.1) is 5.82 Å². The van der Waals surface area contributed by atoms with Crippen molar-refractivity contribution >= 4 is 23.4 Å². The first-order valence-electron chi connectivity index (χ1n) is 9.31. The highest BCUT2D eigenvalue weighted by atomic mass is 19.1. The molecule has 2 aromatic carbocycles. The van der Waals surface area contributed by atoms with Crippen molar-refractivity contribution in [2.45, 2.75) is 19.4 Å². The van der Waals surface area contributed by atoms with Crippen LogP contribution in [0.15, 0.2) is 66.7 Å². The van der Waals surface area contributed by atoms with Gasteiger partial charge in [-0.15, -0.1) is 0 Å². The van der Waals surface area contributed by atoms with Crippen molar-refractivity contribution in [3.63, 3.8) is 0 Å². The summed E-state index contributed by atoms with van der Waals surface area (Å²) in [4.78, 5) is 15.9. The molecule has 0 fully saturated rings. The average molecular weight is 394 g/mol. The maximum absolute atomic E-state index is 13.4. The van der Waals surface area contributed by atoms with E-state index < -0.39 is 6.09 Å². The van der Waals surface area contributed by atoms with Gasteiger partial charge in [0.15, 0.2) is 0 Å². The summed E-state index contributed by atoms with van der Waals surface area (Å²) in [6, 6.07) is 19.6. The molecular weight excluding hydrogens is 371 g/mol. The van der Waals surface area contributed by atoms with Gasteiger partial charge >= 0.3 is 6.09 Å². The number of nitrogens with two attached hydrogens (primary N) is 1. The number of nitrogen functional groups attached to an aromatic ring is 1. The number of carbonyl (C=O) groups excluding carboxylic acids is 1. The van der Waals surface area contributed by atoms with E-state index in [1.165, 1.54) is 12.1 Å². The predicted octanol–water partition coefficient (Wildman–Crippen LogP) is 4.77. The molecule has 1 aromatic heterocycles. The molecule has 29 heavy (non-hydrogen) atoms. The Morgan fingerprint density at radius 1 is 1.10 bits per heavy atom. The standard InChI is InChI=1S/C22H23FN4O2/c1-2-29-22(28)26-18-12-13-20(27-21(18)24)25-19(14-15-6-4-3-5-7-15)16-8-10-17(23)11-9-16/h3-13,19H,2,14H2,1H3,(H,26,28)(H3,24,25,27). The highest BCUT2D eigenvalue weighted by molar-refractivity contribution is 5.88. The monoisotopic (exact) mass is 394 g/mol. The fourth-order valence-electron chi connectivity index (χ4n) is 2.91. The lowest BCUT2D eigenvalue weighted by Crippen LogP contribution is -2.17. The second-order valence-electron chi connectivity index (χ2n) is 6.41. The summed E-state index contributed by atoms with van der Waals surface area (Å²) in [5.41, 5.74) is 8.40. The quantitative estimate of drug-likeness (QED) is 0.537. The van der Waals surface area contributed by atoms with Crippen molar-refractivity contribution in [2.75, 3.05) is 23.0 Å². The molecule has 7 heteroatoms. The first kappa shape index (κ1) is 20.1. The Morgan fingerprint density at radius 3 is 2.48 bits per heavy atom. The van der Waals surface area contributed by atoms with Crippen LogP contribution >= 0.6 is 0 Å². The van der Waals surface area contributed by atoms with Crippen LogP contribution in [0.3, 0.4) is 0 Å². The summed E-state index contributed by atoms with van der Waals surface area (Å²) in [6.45, 7) is 1.98. The highest BCUT2D eigenvalue weighted by Crippen LogP contribution is 2.26. The fraction of sp³-hybridized carbons (Fsp3) is 0.182. The van der Waals surface area contributed by atoms with Gasteiger partial charge in [-0.05, 0) is 48.7 Å². The number of benzene rings is 2. The molecule has 4 N–H and O–H groups in total. The Kier molecular flexibility index (Phi) is 6.63. The maximum Gasteiger partial charge on any atom is 0.411 e. The van der Waals surface area contributed by atoms with E-state index in [-0.39, 0.29) is 24.3 Å². The Balaban J connectivity index is 1.80. The molecule has 0 bridgehead atoms. The molecule has 6 nitrogen and oxygen atoms in total. The molecule has 0 radical (unpaired) electrons. The minimum atomic E-state index is -0.588. The number of anilines is 3. The second kappa shape index (κ2) is 9.54. The number of halogens is 1. The van der Waals surface area contributed by atoms with E-state index >= 15 is 0 Å². The van der Waals surface area contributed by atoms with E-state index in [2.05, 4.69) is 15.6 Å². The van der Waals surface area contributed by atoms with Gasteiger partial charge in [-0.3, -0.25) is 5.32 Å². The van der Waals surface area contributed by atoms with Crippen LogP contribution in [0.4, 0.5) is 26.5 Å². The third kappa shape index (κ3) is 5.68. The third-order valence-electron chi connectivity index (χ3n) is 4.31. The largest absolute Gasteiger partial charge is 0.450 e. The summed E-state index contributed by atoms with van der Waals surface area (Å²) in [5.74, 6) is 0.423. The molecule has 1 heterocycles. The normalized spacial score (nSPS) is 11.5. The number of aromatic nitrogens is 1. The Labute approximate surface area is 168 Å². The zero-order valence-corrected chi connectivity index (χ0v) is 16.1. The molecule has 3 rings (SSSR count). The van der Waals surface area contributed by atoms with Crippen molar-refractivity contribution in [3.05, 3.63) is 83.7 Å². The highest BCUT2D eigenvalue weighted by Gasteiger charge is 2.15. The first-order chi connectivity index (χ1) is 14.0. The van der Waals surface area contributed by atoms with Crippen LogP contribution in [0.1, 0.15) is 24.1 Å². The van der Waals surface area contributed by atoms with Crippen LogP contribution in [0.25, 0.3) is 0 Å². The minimum absolute atomic E-state index is 0.145. The molecule has 1 amide bonds. The molecule has 0 aliphatic carbocycles. The van der Waals surface area contributed by atoms with Crippen molar-refractivity contribution in [1.82, 2.24) is 4.98 Å². The number of nitrogens with zero attached hydrogens (tertiary/aromatic N) is 1. The average Bonchev–Trinajstić information content (AvgIpc) is 2.71. The van der Waals surface area contributed by atoms with E-state index in [4.69, 9.17) is 10.5 Å². The van der Waals surface area contributed by atoms with Crippen LogP contribution in [0.2, 0.25) is 0 Å². The Hall–Kier alpha value is -3.61. The number of carbonyl (C=O) groups is 1. The van der Waals surface area contributed by atoms with E-state index in [0.717, 1.165) is 11.1 Å². The summed E-state index contributed by atoms with van der Waals surface area (Å²) in [5, 5.41) is 5.90. The van der Waals surface area contributed by atoms with Crippen molar-refractivity contribution < 1.29 is 13.9 Å². The number of pyridine rings is 1. The summed E-state index contributed by atoms with van der Waals surface area (Å²) in [6.07, 6.45) is 0.0895. The molecule has 0 aliphatic heterocycles. The second-order valence-corrected chi connectivity index (χ2v) is 6.41. The predicted molar refractivity (Wildman–Crippen MR) is 112 cm³/mol. The van der Waals surface area contributed by atoms with Gasteiger partial charge in [0.25, 0.3) is 0 Å². The lowest BCUT2D eigenvalue weighted by Gasteiger charge is -2.21. The van der Waals surface area contributed by atoms with E-state index in [9.17, 15) is 9.18 Å². The molecule has 1 unspecified atom stereocenters. The van der Waals surface area contributed by atoms with Crippen molar-refractivity contribution in [1.29, 1.82) is 0 Å². The molecule has 3 aromatic rings. The molecule has 150 valence electrons. The van der Waals surface area contributed by atoms with Crippen LogP contribution in [-0.2, 0) is 11.2 Å². The smallest absolute Gasteiger partial charge is 0.411 e. The van der Waals surface area contributed by atoms with Gasteiger partial charge < -0.3 is 15.8 Å². The van der Waals surface area contributed by atoms with Gasteiger partial charge in [-0.25, -0.2) is 14.2 Å². The molecule has 0 saturated carbocycles. The minimum Gasteiger partial charge on any atom is -0.450 e. The van der Waals surface area contributed by atoms with Crippen LogP contribution < -0.4 is 16.4 Å². The van der Waals surface area contributed by atoms with Gasteiger partial charge in [-0.2, -0.15) is 0 Å². The fourth-order valence-corrected chi connectivity index (χ4v) is 2.91. The number of hydrogen-bond acceptors (Lipinski definition) is 5. The maximum atomic E-state index is 13.4. The lowest BCUT2D eigenvalue weighted by molar-refractivity contribution is 0.168. The number of nitrogens with one attached hydrogen (secondary N) is 2. The van der Waals surface area contributed by atoms with Gasteiger partial charge in [0.2, 0.25) is 0 Å². The number of amides is 1. The summed E-state index contributed by atoms with van der Waals surface area (Å²) >= 11 is 0. The Bertz CT molecular complexity index is 949. The van der Waals surface area contributed by atoms with Gasteiger partial charge in [0.1, 0.15) is 17.5 Å². The molecule has 0 aliphatic rings. The molecular formula is C22H23FN4O2. The van der Waals surface area contributed by atoms with Gasteiger partial charge in [0, 0.05) is 0 Å². The number of rotatable bonds is 7.